The molecule has 5 nitrogen and oxygen atoms in total. The van der Waals surface area contributed by atoms with Crippen molar-refractivity contribution in [2.45, 2.75) is 22.4 Å². The van der Waals surface area contributed by atoms with Gasteiger partial charge in [-0.15, -0.1) is 11.3 Å². The van der Waals surface area contributed by atoms with Gasteiger partial charge in [0.2, 0.25) is 0 Å². The Morgan fingerprint density at radius 2 is 1.82 bits per heavy atom. The third-order valence-corrected chi connectivity index (χ3v) is 8.20. The third-order valence-electron chi connectivity index (χ3n) is 5.68. The minimum atomic E-state index is -0.990. The van der Waals surface area contributed by atoms with Gasteiger partial charge in [0.15, 0.2) is 10.9 Å². The fourth-order valence-electron chi connectivity index (χ4n) is 4.11. The summed E-state index contributed by atoms with van der Waals surface area (Å²) < 4.78 is 6.51. The molecule has 34 heavy (non-hydrogen) atoms. The highest BCUT2D eigenvalue weighted by atomic mass is 32.2. The van der Waals surface area contributed by atoms with Gasteiger partial charge in [-0.2, -0.15) is 5.26 Å². The van der Waals surface area contributed by atoms with Crippen molar-refractivity contribution in [3.8, 4) is 23.1 Å². The number of hydrogen-bond acceptors (Lipinski definition) is 6. The molecule has 1 aromatic heterocycles. The molecule has 0 saturated carbocycles. The quantitative estimate of drug-likeness (QED) is 0.318. The van der Waals surface area contributed by atoms with Gasteiger partial charge in [-0.05, 0) is 42.2 Å². The van der Waals surface area contributed by atoms with E-state index in [9.17, 15) is 10.1 Å². The van der Waals surface area contributed by atoms with E-state index in [4.69, 9.17) is 14.8 Å². The van der Waals surface area contributed by atoms with Crippen LogP contribution in [0.25, 0.3) is 11.3 Å². The first-order chi connectivity index (χ1) is 16.6. The lowest BCUT2D eigenvalue weighted by atomic mass is 9.93. The number of fused-ring (bicyclic) bond motifs is 3. The molecule has 0 saturated heterocycles. The Labute approximate surface area is 205 Å². The molecule has 3 aromatic carbocycles. The number of benzene rings is 3. The second kappa shape index (κ2) is 9.72. The Morgan fingerprint density at radius 1 is 1.06 bits per heavy atom. The minimum Gasteiger partial charge on any atom is -0.482 e. The molecule has 0 fully saturated rings. The zero-order chi connectivity index (χ0) is 23.5. The van der Waals surface area contributed by atoms with Crippen molar-refractivity contribution < 1.29 is 14.6 Å². The number of rotatable bonds is 7. The molecule has 0 radical (unpaired) electrons. The van der Waals surface area contributed by atoms with Crippen molar-refractivity contribution in [2.75, 3.05) is 6.61 Å². The van der Waals surface area contributed by atoms with Crippen LogP contribution in [0.2, 0.25) is 0 Å². The van der Waals surface area contributed by atoms with Gasteiger partial charge in [0.1, 0.15) is 5.75 Å². The van der Waals surface area contributed by atoms with Crippen molar-refractivity contribution in [3.05, 3.63) is 99.9 Å². The SMILES string of the molecule is N#Cc1ccc(C(Sc2nc3c(s2)CCc2c(OCC(=O)O)cccc2-3)c2ccccc2)cc1. The topological polar surface area (TPSA) is 83.2 Å². The van der Waals surface area contributed by atoms with Crippen LogP contribution in [-0.2, 0) is 17.6 Å². The van der Waals surface area contributed by atoms with E-state index in [1.165, 1.54) is 10.4 Å². The van der Waals surface area contributed by atoms with Crippen LogP contribution in [-0.4, -0.2) is 22.7 Å². The first-order valence-corrected chi connectivity index (χ1v) is 12.5. The smallest absolute Gasteiger partial charge is 0.341 e. The second-order valence-electron chi connectivity index (χ2n) is 7.86. The molecule has 0 amide bonds. The Balaban J connectivity index is 1.48. The molecule has 4 aromatic rings. The van der Waals surface area contributed by atoms with E-state index in [1.54, 1.807) is 23.1 Å². The summed E-state index contributed by atoms with van der Waals surface area (Å²) in [5.41, 5.74) is 5.93. The molecule has 0 bridgehead atoms. The average molecular weight is 485 g/mol. The minimum absolute atomic E-state index is 0.0475. The summed E-state index contributed by atoms with van der Waals surface area (Å²) in [7, 11) is 0. The van der Waals surface area contributed by atoms with Crippen LogP contribution in [0.15, 0.2) is 77.1 Å². The number of ether oxygens (including phenoxy) is 1. The normalized spacial score (nSPS) is 12.8. The van der Waals surface area contributed by atoms with Gasteiger partial charge in [0.25, 0.3) is 0 Å². The summed E-state index contributed by atoms with van der Waals surface area (Å²) in [5.74, 6) is -0.372. The van der Waals surface area contributed by atoms with Crippen molar-refractivity contribution in [2.24, 2.45) is 0 Å². The lowest BCUT2D eigenvalue weighted by Crippen LogP contribution is -2.12. The van der Waals surface area contributed by atoms with Crippen molar-refractivity contribution in [1.82, 2.24) is 4.98 Å². The highest BCUT2D eigenvalue weighted by Gasteiger charge is 2.26. The summed E-state index contributed by atoms with van der Waals surface area (Å²) in [6.45, 7) is -0.356. The highest BCUT2D eigenvalue weighted by molar-refractivity contribution is 8.01. The summed E-state index contributed by atoms with van der Waals surface area (Å²) >= 11 is 3.42. The third kappa shape index (κ3) is 4.56. The number of nitriles is 1. The Bertz CT molecular complexity index is 1380. The number of nitrogens with zero attached hydrogens (tertiary/aromatic N) is 2. The van der Waals surface area contributed by atoms with Gasteiger partial charge in [-0.3, -0.25) is 0 Å². The zero-order valence-corrected chi connectivity index (χ0v) is 19.7. The van der Waals surface area contributed by atoms with E-state index in [-0.39, 0.29) is 11.9 Å². The predicted octanol–water partition coefficient (Wildman–Crippen LogP) is 6.13. The summed E-state index contributed by atoms with van der Waals surface area (Å²) in [4.78, 5) is 17.2. The molecule has 1 N–H and O–H groups in total. The monoisotopic (exact) mass is 484 g/mol. The maximum Gasteiger partial charge on any atom is 0.341 e. The van der Waals surface area contributed by atoms with E-state index >= 15 is 0 Å². The van der Waals surface area contributed by atoms with Crippen molar-refractivity contribution >= 4 is 29.1 Å². The number of carboxylic acid groups (broad SMARTS) is 1. The highest BCUT2D eigenvalue weighted by Crippen LogP contribution is 2.46. The van der Waals surface area contributed by atoms with E-state index in [2.05, 4.69) is 18.2 Å². The van der Waals surface area contributed by atoms with Crippen LogP contribution in [0.5, 0.6) is 5.75 Å². The fourth-order valence-corrected chi connectivity index (χ4v) is 6.63. The number of aryl methyl sites for hydroxylation is 1. The molecule has 1 unspecified atom stereocenters. The molecule has 0 spiro atoms. The molecule has 1 aliphatic carbocycles. The first-order valence-electron chi connectivity index (χ1n) is 10.8. The number of carbonyl (C=O) groups is 1. The van der Waals surface area contributed by atoms with Gasteiger partial charge in [0, 0.05) is 16.0 Å². The number of aromatic nitrogens is 1. The maximum atomic E-state index is 11.0. The number of hydrogen-bond donors (Lipinski definition) is 1. The Kier molecular flexibility index (Phi) is 6.35. The summed E-state index contributed by atoms with van der Waals surface area (Å²) in [5, 5.41) is 18.2. The van der Waals surface area contributed by atoms with Crippen molar-refractivity contribution in [3.63, 3.8) is 0 Å². The number of thiazole rings is 1. The van der Waals surface area contributed by atoms with Crippen LogP contribution >= 0.6 is 23.1 Å². The number of carboxylic acids is 1. The molecule has 5 rings (SSSR count). The van der Waals surface area contributed by atoms with Crippen LogP contribution in [0.3, 0.4) is 0 Å². The lowest BCUT2D eigenvalue weighted by molar-refractivity contribution is -0.139. The zero-order valence-electron chi connectivity index (χ0n) is 18.1. The predicted molar refractivity (Wildman–Crippen MR) is 133 cm³/mol. The van der Waals surface area contributed by atoms with Crippen LogP contribution in [0.1, 0.15) is 32.4 Å². The molecule has 1 atom stereocenters. The molecule has 1 heterocycles. The van der Waals surface area contributed by atoms with Gasteiger partial charge < -0.3 is 9.84 Å². The van der Waals surface area contributed by atoms with E-state index in [1.807, 2.05) is 60.7 Å². The number of aliphatic carboxylic acids is 1. The first kappa shape index (κ1) is 22.2. The van der Waals surface area contributed by atoms with Crippen LogP contribution < -0.4 is 4.74 Å². The second-order valence-corrected chi connectivity index (χ2v) is 10.3. The molecular formula is C27H20N2O3S2. The maximum absolute atomic E-state index is 11.0. The lowest BCUT2D eigenvalue weighted by Gasteiger charge is -2.18. The Morgan fingerprint density at radius 3 is 2.56 bits per heavy atom. The van der Waals surface area contributed by atoms with Crippen LogP contribution in [0, 0.1) is 11.3 Å². The molecular weight excluding hydrogens is 464 g/mol. The van der Waals surface area contributed by atoms with E-state index in [0.29, 0.717) is 11.3 Å². The van der Waals surface area contributed by atoms with Gasteiger partial charge in [-0.1, -0.05) is 66.4 Å². The summed E-state index contributed by atoms with van der Waals surface area (Å²) in [6, 6.07) is 26.0. The van der Waals surface area contributed by atoms with E-state index in [0.717, 1.165) is 39.6 Å². The molecule has 168 valence electrons. The van der Waals surface area contributed by atoms with Gasteiger partial charge in [-0.25, -0.2) is 9.78 Å². The van der Waals surface area contributed by atoms with Crippen LogP contribution in [0.4, 0.5) is 0 Å². The van der Waals surface area contributed by atoms with Gasteiger partial charge >= 0.3 is 5.97 Å². The molecule has 1 aliphatic rings. The average Bonchev–Trinajstić information content (AvgIpc) is 3.30. The number of thioether (sulfide) groups is 1. The summed E-state index contributed by atoms with van der Waals surface area (Å²) in [6.07, 6.45) is 1.64. The molecule has 0 aliphatic heterocycles. The van der Waals surface area contributed by atoms with E-state index < -0.39 is 5.97 Å². The Hall–Kier alpha value is -3.60. The largest absolute Gasteiger partial charge is 0.482 e. The molecule has 7 heteroatoms. The van der Waals surface area contributed by atoms with Gasteiger partial charge in [0.05, 0.1) is 22.6 Å². The van der Waals surface area contributed by atoms with Crippen molar-refractivity contribution in [1.29, 1.82) is 5.26 Å². The standard InChI is InChI=1S/C27H20N2O3S2/c28-15-17-9-11-19(12-10-17)26(18-5-2-1-3-6-18)34-27-29-25-21-7-4-8-22(32-16-24(30)31)20(21)13-14-23(25)33-27/h1-12,26H,13-14,16H2,(H,30,31). The fraction of sp³-hybridized carbons (Fsp3) is 0.148.